The fourth-order valence-electron chi connectivity index (χ4n) is 6.09. The standard InChI is InChI=1S/C35H24.CH4/c1-3-14-28(15-4-1)35(29-16-5-2-6-17-29)32-20-10-9-18-31(32)34-30(19-11-21-33(34)35)27-23-22-25-12-7-8-13-26(25)24-27;/h1-24H;1H4. The SMILES string of the molecule is C.c1ccc(C2(c3ccccc3)c3ccccc3-c3c(-c4ccc5ccccc5c4)cccc32)cc1. The largest absolute Gasteiger partial charge is 0.0776 e. The predicted octanol–water partition coefficient (Wildman–Crippen LogP) is 9.51. The van der Waals surface area contributed by atoms with Gasteiger partial charge in [-0.15, -0.1) is 0 Å². The third-order valence-corrected chi connectivity index (χ3v) is 7.54. The molecule has 0 N–H and O–H groups in total. The number of hydrogen-bond acceptors (Lipinski definition) is 0. The molecule has 0 saturated carbocycles. The maximum absolute atomic E-state index is 2.33. The zero-order valence-corrected chi connectivity index (χ0v) is 19.4. The molecule has 0 heterocycles. The van der Waals surface area contributed by atoms with Gasteiger partial charge in [-0.05, 0) is 61.3 Å². The fraction of sp³-hybridized carbons (Fsp3) is 0.0556. The van der Waals surface area contributed by atoms with E-state index in [4.69, 9.17) is 0 Å². The van der Waals surface area contributed by atoms with Crippen LogP contribution in [0.15, 0.2) is 146 Å². The highest BCUT2D eigenvalue weighted by Gasteiger charge is 2.46. The van der Waals surface area contributed by atoms with Crippen molar-refractivity contribution in [1.82, 2.24) is 0 Å². The molecule has 0 saturated heterocycles. The Morgan fingerprint density at radius 1 is 0.389 bits per heavy atom. The van der Waals surface area contributed by atoms with Crippen LogP contribution in [-0.2, 0) is 5.41 Å². The van der Waals surface area contributed by atoms with Crippen molar-refractivity contribution in [3.63, 3.8) is 0 Å². The van der Waals surface area contributed by atoms with E-state index < -0.39 is 0 Å². The molecule has 0 heteroatoms. The Bertz CT molecular complexity index is 1640. The summed E-state index contributed by atoms with van der Waals surface area (Å²) in [5.74, 6) is 0. The van der Waals surface area contributed by atoms with E-state index in [1.807, 2.05) is 0 Å². The van der Waals surface area contributed by atoms with Crippen molar-refractivity contribution in [3.8, 4) is 22.3 Å². The molecule has 36 heavy (non-hydrogen) atoms. The van der Waals surface area contributed by atoms with Crippen molar-refractivity contribution in [2.75, 3.05) is 0 Å². The number of fused-ring (bicyclic) bond motifs is 4. The molecule has 0 radical (unpaired) electrons. The molecular formula is C36H28. The van der Waals surface area contributed by atoms with Crippen molar-refractivity contribution in [2.45, 2.75) is 12.8 Å². The lowest BCUT2D eigenvalue weighted by Crippen LogP contribution is -2.28. The van der Waals surface area contributed by atoms with E-state index in [1.54, 1.807) is 0 Å². The molecule has 0 aromatic heterocycles. The Balaban J connectivity index is 0.00000240. The summed E-state index contributed by atoms with van der Waals surface area (Å²) in [4.78, 5) is 0. The summed E-state index contributed by atoms with van der Waals surface area (Å²) >= 11 is 0. The lowest BCUT2D eigenvalue weighted by atomic mass is 9.67. The van der Waals surface area contributed by atoms with E-state index in [0.717, 1.165) is 0 Å². The van der Waals surface area contributed by atoms with Gasteiger partial charge >= 0.3 is 0 Å². The molecule has 6 aromatic carbocycles. The smallest absolute Gasteiger partial charge is 0.0713 e. The van der Waals surface area contributed by atoms with Gasteiger partial charge < -0.3 is 0 Å². The molecule has 1 aliphatic rings. The highest BCUT2D eigenvalue weighted by atomic mass is 14.5. The maximum Gasteiger partial charge on any atom is 0.0713 e. The second kappa shape index (κ2) is 8.66. The third-order valence-electron chi connectivity index (χ3n) is 7.54. The van der Waals surface area contributed by atoms with Crippen LogP contribution in [0, 0.1) is 0 Å². The van der Waals surface area contributed by atoms with E-state index in [2.05, 4.69) is 146 Å². The van der Waals surface area contributed by atoms with Gasteiger partial charge in [-0.3, -0.25) is 0 Å². The second-order valence-corrected chi connectivity index (χ2v) is 9.32. The Hall–Kier alpha value is -4.42. The van der Waals surface area contributed by atoms with Gasteiger partial charge in [0.2, 0.25) is 0 Å². The normalized spacial score (nSPS) is 13.0. The summed E-state index contributed by atoms with van der Waals surface area (Å²) in [6, 6.07) is 53.2. The summed E-state index contributed by atoms with van der Waals surface area (Å²) in [6.45, 7) is 0. The minimum absolute atomic E-state index is 0. The van der Waals surface area contributed by atoms with Gasteiger partial charge in [0.15, 0.2) is 0 Å². The molecule has 0 amide bonds. The quantitative estimate of drug-likeness (QED) is 0.246. The van der Waals surface area contributed by atoms with Crippen molar-refractivity contribution in [1.29, 1.82) is 0 Å². The van der Waals surface area contributed by atoms with Crippen LogP contribution in [0.5, 0.6) is 0 Å². The topological polar surface area (TPSA) is 0 Å². The van der Waals surface area contributed by atoms with E-state index in [0.29, 0.717) is 0 Å². The molecule has 172 valence electrons. The highest BCUT2D eigenvalue weighted by Crippen LogP contribution is 2.58. The van der Waals surface area contributed by atoms with E-state index in [1.165, 1.54) is 55.3 Å². The zero-order valence-electron chi connectivity index (χ0n) is 19.4. The molecule has 0 bridgehead atoms. The summed E-state index contributed by atoms with van der Waals surface area (Å²) in [5, 5.41) is 2.54. The molecule has 7 rings (SSSR count). The van der Waals surface area contributed by atoms with Gasteiger partial charge in [-0.2, -0.15) is 0 Å². The molecule has 0 fully saturated rings. The Morgan fingerprint density at radius 3 is 1.67 bits per heavy atom. The van der Waals surface area contributed by atoms with Crippen LogP contribution in [0.1, 0.15) is 29.7 Å². The van der Waals surface area contributed by atoms with Crippen LogP contribution in [-0.4, -0.2) is 0 Å². The Morgan fingerprint density at radius 2 is 0.944 bits per heavy atom. The first-order valence-corrected chi connectivity index (χ1v) is 12.2. The lowest BCUT2D eigenvalue weighted by Gasteiger charge is -2.34. The molecule has 1 aliphatic carbocycles. The summed E-state index contributed by atoms with van der Waals surface area (Å²) in [6.07, 6.45) is 0. The first kappa shape index (κ1) is 22.1. The molecule has 0 spiro atoms. The van der Waals surface area contributed by atoms with E-state index in [9.17, 15) is 0 Å². The molecule has 0 atom stereocenters. The first-order chi connectivity index (χ1) is 17.4. The monoisotopic (exact) mass is 460 g/mol. The molecule has 6 aromatic rings. The van der Waals surface area contributed by atoms with Gasteiger partial charge in [0.25, 0.3) is 0 Å². The highest BCUT2D eigenvalue weighted by molar-refractivity contribution is 5.97. The van der Waals surface area contributed by atoms with Crippen molar-refractivity contribution < 1.29 is 0 Å². The predicted molar refractivity (Wildman–Crippen MR) is 153 cm³/mol. The van der Waals surface area contributed by atoms with Gasteiger partial charge in [-0.25, -0.2) is 0 Å². The lowest BCUT2D eigenvalue weighted by molar-refractivity contribution is 0.768. The van der Waals surface area contributed by atoms with E-state index >= 15 is 0 Å². The van der Waals surface area contributed by atoms with Crippen LogP contribution < -0.4 is 0 Å². The maximum atomic E-state index is 2.33. The minimum atomic E-state index is -0.360. The Labute approximate surface area is 213 Å². The zero-order chi connectivity index (χ0) is 23.2. The first-order valence-electron chi connectivity index (χ1n) is 12.2. The van der Waals surface area contributed by atoms with Crippen molar-refractivity contribution in [3.05, 3.63) is 168 Å². The second-order valence-electron chi connectivity index (χ2n) is 9.32. The summed E-state index contributed by atoms with van der Waals surface area (Å²) in [5.41, 5.74) is 10.1. The summed E-state index contributed by atoms with van der Waals surface area (Å²) < 4.78 is 0. The minimum Gasteiger partial charge on any atom is -0.0776 e. The van der Waals surface area contributed by atoms with E-state index in [-0.39, 0.29) is 12.8 Å². The van der Waals surface area contributed by atoms with Gasteiger partial charge in [0.05, 0.1) is 5.41 Å². The van der Waals surface area contributed by atoms with Crippen LogP contribution in [0.3, 0.4) is 0 Å². The Kier molecular flexibility index (Phi) is 5.31. The number of rotatable bonds is 3. The summed E-state index contributed by atoms with van der Waals surface area (Å²) in [7, 11) is 0. The van der Waals surface area contributed by atoms with Crippen LogP contribution in [0.2, 0.25) is 0 Å². The molecular weight excluding hydrogens is 432 g/mol. The van der Waals surface area contributed by atoms with Crippen molar-refractivity contribution >= 4 is 10.8 Å². The average molecular weight is 461 g/mol. The van der Waals surface area contributed by atoms with Gasteiger partial charge in [-0.1, -0.05) is 147 Å². The van der Waals surface area contributed by atoms with Gasteiger partial charge in [0.1, 0.15) is 0 Å². The van der Waals surface area contributed by atoms with Crippen molar-refractivity contribution in [2.24, 2.45) is 0 Å². The molecule has 0 nitrogen and oxygen atoms in total. The number of hydrogen-bond donors (Lipinski definition) is 0. The average Bonchev–Trinajstić information content (AvgIpc) is 3.25. The van der Waals surface area contributed by atoms with Crippen LogP contribution in [0.4, 0.5) is 0 Å². The number of benzene rings is 6. The fourth-order valence-corrected chi connectivity index (χ4v) is 6.09. The molecule has 0 aliphatic heterocycles. The van der Waals surface area contributed by atoms with Gasteiger partial charge in [0, 0.05) is 0 Å². The van der Waals surface area contributed by atoms with Crippen LogP contribution in [0.25, 0.3) is 33.0 Å². The van der Waals surface area contributed by atoms with Crippen LogP contribution >= 0.6 is 0 Å². The molecule has 0 unspecified atom stereocenters. The third kappa shape index (κ3) is 3.08.